The second kappa shape index (κ2) is 8.82. The quantitative estimate of drug-likeness (QED) is 0.704. The number of aromatic nitrogens is 1. The SMILES string of the molecule is O=C(CCn1ccc2ccccc21)NCC(=O)N1CCN(c2ccccc2)CC1. The zero-order chi connectivity index (χ0) is 20.1. The Bertz CT molecular complexity index is 975. The highest BCUT2D eigenvalue weighted by molar-refractivity contribution is 5.85. The summed E-state index contributed by atoms with van der Waals surface area (Å²) in [6.07, 6.45) is 2.35. The number of hydrogen-bond acceptors (Lipinski definition) is 3. The van der Waals surface area contributed by atoms with Crippen LogP contribution in [0.4, 0.5) is 5.69 Å². The van der Waals surface area contributed by atoms with Crippen LogP contribution in [0.1, 0.15) is 6.42 Å². The number of amides is 2. The maximum atomic E-state index is 12.4. The van der Waals surface area contributed by atoms with Crippen LogP contribution in [0.3, 0.4) is 0 Å². The third kappa shape index (κ3) is 4.59. The molecule has 2 aromatic carbocycles. The smallest absolute Gasteiger partial charge is 0.242 e. The van der Waals surface area contributed by atoms with E-state index in [2.05, 4.69) is 33.0 Å². The van der Waals surface area contributed by atoms with Crippen molar-refractivity contribution in [1.82, 2.24) is 14.8 Å². The van der Waals surface area contributed by atoms with Gasteiger partial charge in [-0.25, -0.2) is 0 Å². The summed E-state index contributed by atoms with van der Waals surface area (Å²) >= 11 is 0. The largest absolute Gasteiger partial charge is 0.368 e. The van der Waals surface area contributed by atoms with Gasteiger partial charge in [0.05, 0.1) is 6.54 Å². The maximum Gasteiger partial charge on any atom is 0.242 e. The lowest BCUT2D eigenvalue weighted by atomic mass is 10.2. The molecule has 0 aliphatic carbocycles. The van der Waals surface area contributed by atoms with Crippen LogP contribution in [0.25, 0.3) is 10.9 Å². The van der Waals surface area contributed by atoms with E-state index in [1.165, 1.54) is 5.69 Å². The van der Waals surface area contributed by atoms with Crippen molar-refractivity contribution < 1.29 is 9.59 Å². The summed E-state index contributed by atoms with van der Waals surface area (Å²) in [4.78, 5) is 28.8. The average molecular weight is 390 g/mol. The van der Waals surface area contributed by atoms with Crippen molar-refractivity contribution in [2.24, 2.45) is 0 Å². The zero-order valence-corrected chi connectivity index (χ0v) is 16.5. The highest BCUT2D eigenvalue weighted by atomic mass is 16.2. The van der Waals surface area contributed by atoms with Crippen LogP contribution in [0.2, 0.25) is 0 Å². The Kier molecular flexibility index (Phi) is 5.79. The normalized spacial score (nSPS) is 14.2. The number of nitrogens with one attached hydrogen (secondary N) is 1. The van der Waals surface area contributed by atoms with Crippen LogP contribution in [-0.4, -0.2) is 54.0 Å². The molecule has 1 aliphatic rings. The number of nitrogens with zero attached hydrogens (tertiary/aromatic N) is 3. The van der Waals surface area contributed by atoms with Gasteiger partial charge in [0.2, 0.25) is 11.8 Å². The predicted molar refractivity (Wildman–Crippen MR) is 115 cm³/mol. The van der Waals surface area contributed by atoms with Gasteiger partial charge in [0.1, 0.15) is 0 Å². The molecule has 1 saturated heterocycles. The molecule has 29 heavy (non-hydrogen) atoms. The van der Waals surface area contributed by atoms with Crippen molar-refractivity contribution in [3.05, 3.63) is 66.9 Å². The Balaban J connectivity index is 1.20. The Labute approximate surface area is 170 Å². The molecule has 6 nitrogen and oxygen atoms in total. The second-order valence-electron chi connectivity index (χ2n) is 7.30. The zero-order valence-electron chi connectivity index (χ0n) is 16.5. The van der Waals surface area contributed by atoms with Gasteiger partial charge in [-0.3, -0.25) is 9.59 Å². The molecule has 0 atom stereocenters. The minimum absolute atomic E-state index is 0.0162. The van der Waals surface area contributed by atoms with Crippen molar-refractivity contribution in [3.63, 3.8) is 0 Å². The minimum Gasteiger partial charge on any atom is -0.368 e. The van der Waals surface area contributed by atoms with Gasteiger partial charge >= 0.3 is 0 Å². The fourth-order valence-electron chi connectivity index (χ4n) is 3.78. The number of para-hydroxylation sites is 2. The molecular weight excluding hydrogens is 364 g/mol. The summed E-state index contributed by atoms with van der Waals surface area (Å²) in [5.74, 6) is -0.114. The van der Waals surface area contributed by atoms with Crippen LogP contribution < -0.4 is 10.2 Å². The van der Waals surface area contributed by atoms with Gasteiger partial charge in [0.25, 0.3) is 0 Å². The molecule has 6 heteroatoms. The third-order valence-electron chi connectivity index (χ3n) is 5.45. The van der Waals surface area contributed by atoms with Crippen LogP contribution in [0.15, 0.2) is 66.9 Å². The molecule has 0 bridgehead atoms. The highest BCUT2D eigenvalue weighted by Gasteiger charge is 2.21. The van der Waals surface area contributed by atoms with Gasteiger partial charge in [0.15, 0.2) is 0 Å². The van der Waals surface area contributed by atoms with Gasteiger partial charge < -0.3 is 19.7 Å². The third-order valence-corrected chi connectivity index (χ3v) is 5.45. The first-order chi connectivity index (χ1) is 14.2. The lowest BCUT2D eigenvalue weighted by Crippen LogP contribution is -2.51. The van der Waals surface area contributed by atoms with E-state index in [1.807, 2.05) is 53.6 Å². The van der Waals surface area contributed by atoms with Crippen molar-refractivity contribution in [2.45, 2.75) is 13.0 Å². The fourth-order valence-corrected chi connectivity index (χ4v) is 3.78. The van der Waals surface area contributed by atoms with Crippen molar-refractivity contribution in [1.29, 1.82) is 0 Å². The van der Waals surface area contributed by atoms with Gasteiger partial charge in [-0.1, -0.05) is 36.4 Å². The summed E-state index contributed by atoms with van der Waals surface area (Å²) < 4.78 is 2.07. The lowest BCUT2D eigenvalue weighted by molar-refractivity contribution is -0.133. The fraction of sp³-hybridized carbons (Fsp3) is 0.304. The van der Waals surface area contributed by atoms with Gasteiger partial charge in [-0.2, -0.15) is 0 Å². The van der Waals surface area contributed by atoms with Crippen LogP contribution in [0, 0.1) is 0 Å². The topological polar surface area (TPSA) is 57.6 Å². The number of benzene rings is 2. The summed E-state index contributed by atoms with van der Waals surface area (Å²) in [5.41, 5.74) is 2.30. The number of carbonyl (C=O) groups excluding carboxylic acids is 2. The monoisotopic (exact) mass is 390 g/mol. The maximum absolute atomic E-state index is 12.4. The number of carbonyl (C=O) groups is 2. The molecule has 2 amide bonds. The van der Waals surface area contributed by atoms with E-state index in [4.69, 9.17) is 0 Å². The molecule has 4 rings (SSSR count). The molecule has 0 spiro atoms. The van der Waals surface area contributed by atoms with Crippen molar-refractivity contribution >= 4 is 28.4 Å². The number of hydrogen-bond donors (Lipinski definition) is 1. The Morgan fingerprint density at radius 2 is 1.59 bits per heavy atom. The van der Waals surface area contributed by atoms with Crippen molar-refractivity contribution in [3.8, 4) is 0 Å². The van der Waals surface area contributed by atoms with E-state index in [0.29, 0.717) is 26.1 Å². The molecule has 1 fully saturated rings. The standard InChI is InChI=1S/C23H26N4O2/c28-22(11-13-26-12-10-19-6-4-5-9-21(19)26)24-18-23(29)27-16-14-25(15-17-27)20-7-2-1-3-8-20/h1-10,12H,11,13-18H2,(H,24,28). The first-order valence-electron chi connectivity index (χ1n) is 10.1. The molecule has 0 saturated carbocycles. The molecule has 1 N–H and O–H groups in total. The van der Waals surface area contributed by atoms with E-state index in [0.717, 1.165) is 24.0 Å². The minimum atomic E-state index is -0.0981. The molecular formula is C23H26N4O2. The molecule has 0 unspecified atom stereocenters. The Morgan fingerprint density at radius 1 is 0.862 bits per heavy atom. The molecule has 3 aromatic rings. The van der Waals surface area contributed by atoms with Crippen LogP contribution in [-0.2, 0) is 16.1 Å². The van der Waals surface area contributed by atoms with Gasteiger partial charge in [-0.05, 0) is 29.7 Å². The number of aryl methyl sites for hydroxylation is 1. The van der Waals surface area contributed by atoms with Gasteiger partial charge in [0, 0.05) is 56.5 Å². The Hall–Kier alpha value is -3.28. The van der Waals surface area contributed by atoms with Gasteiger partial charge in [-0.15, -0.1) is 0 Å². The second-order valence-corrected chi connectivity index (χ2v) is 7.30. The van der Waals surface area contributed by atoms with Crippen LogP contribution in [0.5, 0.6) is 0 Å². The number of anilines is 1. The lowest BCUT2D eigenvalue weighted by Gasteiger charge is -2.36. The predicted octanol–water partition coefficient (Wildman–Crippen LogP) is 2.50. The Morgan fingerprint density at radius 3 is 2.38 bits per heavy atom. The summed E-state index contributed by atoms with van der Waals surface area (Å²) in [7, 11) is 0. The number of fused-ring (bicyclic) bond motifs is 1. The van der Waals surface area contributed by atoms with E-state index < -0.39 is 0 Å². The molecule has 0 radical (unpaired) electrons. The summed E-state index contributed by atoms with van der Waals surface area (Å²) in [5, 5.41) is 3.94. The first kappa shape index (κ1) is 19.1. The van der Waals surface area contributed by atoms with E-state index in [1.54, 1.807) is 0 Å². The van der Waals surface area contributed by atoms with E-state index in [9.17, 15) is 9.59 Å². The molecule has 2 heterocycles. The number of piperazine rings is 1. The van der Waals surface area contributed by atoms with E-state index in [-0.39, 0.29) is 18.4 Å². The average Bonchev–Trinajstić information content (AvgIpc) is 3.20. The molecule has 150 valence electrons. The molecule has 1 aromatic heterocycles. The first-order valence-corrected chi connectivity index (χ1v) is 10.1. The van der Waals surface area contributed by atoms with Crippen molar-refractivity contribution in [2.75, 3.05) is 37.6 Å². The summed E-state index contributed by atoms with van der Waals surface area (Å²) in [6, 6.07) is 20.4. The summed E-state index contributed by atoms with van der Waals surface area (Å²) in [6.45, 7) is 3.65. The highest BCUT2D eigenvalue weighted by Crippen LogP contribution is 2.16. The number of rotatable bonds is 6. The van der Waals surface area contributed by atoms with E-state index >= 15 is 0 Å². The molecule has 1 aliphatic heterocycles. The van der Waals surface area contributed by atoms with Crippen LogP contribution >= 0.6 is 0 Å².